The lowest BCUT2D eigenvalue weighted by Crippen LogP contribution is -2.42. The van der Waals surface area contributed by atoms with Gasteiger partial charge in [0, 0.05) is 45.6 Å². The minimum Gasteiger partial charge on any atom is -0.379 e. The SMILES string of the molecule is CN(CCN1CCOCC1)C(=O)CC1c2ccccc2CCc2ccccc21. The average Bonchev–Trinajstić information content (AvgIpc) is 2.90. The van der Waals surface area contributed by atoms with Crippen LogP contribution in [0.2, 0.25) is 0 Å². The predicted molar refractivity (Wildman–Crippen MR) is 112 cm³/mol. The van der Waals surface area contributed by atoms with Gasteiger partial charge in [-0.25, -0.2) is 0 Å². The van der Waals surface area contributed by atoms with Crippen molar-refractivity contribution in [2.75, 3.05) is 46.4 Å². The highest BCUT2D eigenvalue weighted by Crippen LogP contribution is 2.36. The van der Waals surface area contributed by atoms with Crippen molar-refractivity contribution in [2.45, 2.75) is 25.2 Å². The Kier molecular flexibility index (Phi) is 6.08. The number of hydrogen-bond donors (Lipinski definition) is 0. The van der Waals surface area contributed by atoms with Crippen molar-refractivity contribution in [3.63, 3.8) is 0 Å². The van der Waals surface area contributed by atoms with Crippen molar-refractivity contribution in [3.8, 4) is 0 Å². The molecule has 1 amide bonds. The molecule has 0 aromatic heterocycles. The van der Waals surface area contributed by atoms with Crippen molar-refractivity contribution in [1.29, 1.82) is 0 Å². The van der Waals surface area contributed by atoms with Crippen LogP contribution in [-0.2, 0) is 22.4 Å². The summed E-state index contributed by atoms with van der Waals surface area (Å²) in [5.74, 6) is 0.373. The third kappa shape index (κ3) is 4.29. The fourth-order valence-electron chi connectivity index (χ4n) is 4.43. The number of amides is 1. The quantitative estimate of drug-likeness (QED) is 0.802. The van der Waals surface area contributed by atoms with Crippen molar-refractivity contribution < 1.29 is 9.53 Å². The van der Waals surface area contributed by atoms with E-state index < -0.39 is 0 Å². The fourth-order valence-corrected chi connectivity index (χ4v) is 4.43. The van der Waals surface area contributed by atoms with Crippen LogP contribution in [0.1, 0.15) is 34.6 Å². The molecule has 2 aromatic rings. The van der Waals surface area contributed by atoms with E-state index in [9.17, 15) is 4.79 Å². The van der Waals surface area contributed by atoms with Crippen molar-refractivity contribution >= 4 is 5.91 Å². The summed E-state index contributed by atoms with van der Waals surface area (Å²) < 4.78 is 5.41. The number of nitrogens with zero attached hydrogens (tertiary/aromatic N) is 2. The van der Waals surface area contributed by atoms with Gasteiger partial charge in [-0.1, -0.05) is 48.5 Å². The average molecular weight is 379 g/mol. The molecule has 148 valence electrons. The van der Waals surface area contributed by atoms with Gasteiger partial charge in [-0.15, -0.1) is 0 Å². The summed E-state index contributed by atoms with van der Waals surface area (Å²) in [6, 6.07) is 17.3. The van der Waals surface area contributed by atoms with Crippen molar-refractivity contribution in [3.05, 3.63) is 70.8 Å². The first-order valence-electron chi connectivity index (χ1n) is 10.4. The van der Waals surface area contributed by atoms with E-state index in [1.54, 1.807) is 0 Å². The number of hydrogen-bond acceptors (Lipinski definition) is 3. The number of ether oxygens (including phenoxy) is 1. The van der Waals surface area contributed by atoms with E-state index in [4.69, 9.17) is 4.74 Å². The molecule has 0 radical (unpaired) electrons. The highest BCUT2D eigenvalue weighted by Gasteiger charge is 2.26. The van der Waals surface area contributed by atoms with Crippen molar-refractivity contribution in [2.24, 2.45) is 0 Å². The van der Waals surface area contributed by atoms with Crippen LogP contribution in [0.3, 0.4) is 0 Å². The molecule has 1 saturated heterocycles. The van der Waals surface area contributed by atoms with Crippen LogP contribution in [0.15, 0.2) is 48.5 Å². The molecule has 0 atom stereocenters. The van der Waals surface area contributed by atoms with Crippen LogP contribution in [-0.4, -0.2) is 62.1 Å². The number of morpholine rings is 1. The van der Waals surface area contributed by atoms with Gasteiger partial charge in [-0.3, -0.25) is 9.69 Å². The first kappa shape index (κ1) is 19.2. The monoisotopic (exact) mass is 378 g/mol. The zero-order valence-electron chi connectivity index (χ0n) is 16.8. The van der Waals surface area contributed by atoms with Gasteiger partial charge in [-0.05, 0) is 35.1 Å². The second-order valence-electron chi connectivity index (χ2n) is 7.92. The number of likely N-dealkylation sites (N-methyl/N-ethyl adjacent to an activating group) is 1. The molecule has 4 rings (SSSR count). The topological polar surface area (TPSA) is 32.8 Å². The number of aryl methyl sites for hydroxylation is 2. The second-order valence-corrected chi connectivity index (χ2v) is 7.92. The Labute approximate surface area is 168 Å². The maximum Gasteiger partial charge on any atom is 0.223 e. The highest BCUT2D eigenvalue weighted by molar-refractivity contribution is 5.78. The third-order valence-electron chi connectivity index (χ3n) is 6.18. The summed E-state index contributed by atoms with van der Waals surface area (Å²) in [5.41, 5.74) is 5.41. The zero-order valence-corrected chi connectivity index (χ0v) is 16.8. The number of carbonyl (C=O) groups is 1. The van der Waals surface area contributed by atoms with Crippen LogP contribution in [0, 0.1) is 0 Å². The third-order valence-corrected chi connectivity index (χ3v) is 6.18. The van der Waals surface area contributed by atoms with Gasteiger partial charge in [0.1, 0.15) is 0 Å². The molecule has 0 bridgehead atoms. The Morgan fingerprint density at radius 1 is 1.00 bits per heavy atom. The van der Waals surface area contributed by atoms with E-state index in [0.29, 0.717) is 6.42 Å². The molecule has 2 aliphatic rings. The van der Waals surface area contributed by atoms with E-state index in [2.05, 4.69) is 53.4 Å². The molecular formula is C24H30N2O2. The molecule has 1 aliphatic carbocycles. The van der Waals surface area contributed by atoms with Gasteiger partial charge < -0.3 is 9.64 Å². The van der Waals surface area contributed by atoms with Gasteiger partial charge in [0.25, 0.3) is 0 Å². The maximum absolute atomic E-state index is 13.1. The zero-order chi connectivity index (χ0) is 19.3. The maximum atomic E-state index is 13.1. The summed E-state index contributed by atoms with van der Waals surface area (Å²) in [4.78, 5) is 17.4. The minimum absolute atomic E-state index is 0.147. The van der Waals surface area contributed by atoms with Crippen LogP contribution in [0.25, 0.3) is 0 Å². The summed E-state index contributed by atoms with van der Waals surface area (Å²) in [6.07, 6.45) is 2.63. The summed E-state index contributed by atoms with van der Waals surface area (Å²) in [5, 5.41) is 0. The first-order chi connectivity index (χ1) is 13.7. The Morgan fingerprint density at radius 2 is 1.57 bits per heavy atom. The van der Waals surface area contributed by atoms with Gasteiger partial charge in [0.05, 0.1) is 13.2 Å². The number of carbonyl (C=O) groups excluding carboxylic acids is 1. The van der Waals surface area contributed by atoms with Crippen LogP contribution >= 0.6 is 0 Å². The fraction of sp³-hybridized carbons (Fsp3) is 0.458. The number of benzene rings is 2. The molecular weight excluding hydrogens is 348 g/mol. The molecule has 2 aromatic carbocycles. The largest absolute Gasteiger partial charge is 0.379 e. The molecule has 0 saturated carbocycles. The summed E-state index contributed by atoms with van der Waals surface area (Å²) >= 11 is 0. The lowest BCUT2D eigenvalue weighted by atomic mass is 9.85. The van der Waals surface area contributed by atoms with Gasteiger partial charge >= 0.3 is 0 Å². The van der Waals surface area contributed by atoms with Gasteiger partial charge in [0.2, 0.25) is 5.91 Å². The van der Waals surface area contributed by atoms with Gasteiger partial charge in [0.15, 0.2) is 0 Å². The summed E-state index contributed by atoms with van der Waals surface area (Å²) in [6.45, 7) is 5.22. The smallest absolute Gasteiger partial charge is 0.223 e. The molecule has 4 nitrogen and oxygen atoms in total. The van der Waals surface area contributed by atoms with Crippen molar-refractivity contribution in [1.82, 2.24) is 9.80 Å². The summed E-state index contributed by atoms with van der Waals surface area (Å²) in [7, 11) is 1.94. The standard InChI is InChI=1S/C24H30N2O2/c1-25(12-13-26-14-16-28-17-15-26)24(27)18-23-21-8-4-2-6-19(21)10-11-20-7-3-5-9-22(20)23/h2-9,23H,10-18H2,1H3. The predicted octanol–water partition coefficient (Wildman–Crippen LogP) is 3.10. The molecule has 0 N–H and O–H groups in total. The van der Waals surface area contributed by atoms with E-state index >= 15 is 0 Å². The Balaban J connectivity index is 1.49. The normalized spacial score (nSPS) is 17.5. The molecule has 1 fully saturated rings. The Bertz CT molecular complexity index is 766. The second kappa shape index (κ2) is 8.89. The van der Waals surface area contributed by atoms with E-state index in [1.807, 2.05) is 11.9 Å². The Hall–Kier alpha value is -2.17. The number of rotatable bonds is 5. The Morgan fingerprint density at radius 3 is 2.18 bits per heavy atom. The molecule has 0 unspecified atom stereocenters. The van der Waals surface area contributed by atoms with E-state index in [-0.39, 0.29) is 11.8 Å². The molecule has 1 aliphatic heterocycles. The van der Waals surface area contributed by atoms with Crippen LogP contribution in [0.4, 0.5) is 0 Å². The van der Waals surface area contributed by atoms with Crippen LogP contribution < -0.4 is 0 Å². The first-order valence-corrected chi connectivity index (χ1v) is 10.4. The number of fused-ring (bicyclic) bond motifs is 2. The lowest BCUT2D eigenvalue weighted by Gasteiger charge is -2.29. The molecule has 1 heterocycles. The molecule has 28 heavy (non-hydrogen) atoms. The highest BCUT2D eigenvalue weighted by atomic mass is 16.5. The minimum atomic E-state index is 0.147. The molecule has 4 heteroatoms. The van der Waals surface area contributed by atoms with E-state index in [1.165, 1.54) is 22.3 Å². The van der Waals surface area contributed by atoms with Gasteiger partial charge in [-0.2, -0.15) is 0 Å². The lowest BCUT2D eigenvalue weighted by molar-refractivity contribution is -0.130. The van der Waals surface area contributed by atoms with E-state index in [0.717, 1.165) is 52.2 Å². The van der Waals surface area contributed by atoms with Crippen LogP contribution in [0.5, 0.6) is 0 Å². The molecule has 0 spiro atoms.